The number of anilines is 1. The Morgan fingerprint density at radius 1 is 1.47 bits per heavy atom. The number of fused-ring (bicyclic) bond motifs is 1. The van der Waals surface area contributed by atoms with Crippen molar-refractivity contribution in [2.75, 3.05) is 11.5 Å². The number of aromatic nitrogens is 1. The Morgan fingerprint density at radius 2 is 2.20 bits per heavy atom. The molecule has 0 radical (unpaired) electrons. The number of nitrogen functional groups attached to an aromatic ring is 1. The Balaban J connectivity index is 1.88. The first-order chi connectivity index (χ1) is 14.2. The number of hydrogen-bond acceptors (Lipinski definition) is 11. The molecule has 2 aliphatic heterocycles. The minimum Gasteiger partial charge on any atom is -0.543 e. The van der Waals surface area contributed by atoms with Gasteiger partial charge < -0.3 is 32.3 Å². The molecule has 1 aromatic heterocycles. The van der Waals surface area contributed by atoms with Crippen molar-refractivity contribution in [3.8, 4) is 0 Å². The lowest BCUT2D eigenvalue weighted by atomic mass is 10.1. The quantitative estimate of drug-likeness (QED) is 0.0712. The summed E-state index contributed by atoms with van der Waals surface area (Å²) in [6, 6.07) is 0. The van der Waals surface area contributed by atoms with Crippen molar-refractivity contribution >= 4 is 63.2 Å². The fraction of sp³-hybridized carbons (Fsp3) is 0.214. The molecule has 14 nitrogen and oxygen atoms in total. The Labute approximate surface area is 175 Å². The van der Waals surface area contributed by atoms with E-state index in [4.69, 9.17) is 17.2 Å². The van der Waals surface area contributed by atoms with E-state index < -0.39 is 34.2 Å². The fourth-order valence-corrected chi connectivity index (χ4v) is 5.40. The van der Waals surface area contributed by atoms with Gasteiger partial charge in [-0.15, -0.1) is 16.4 Å². The molecule has 0 bridgehead atoms. The van der Waals surface area contributed by atoms with Gasteiger partial charge in [-0.05, 0) is 0 Å². The summed E-state index contributed by atoms with van der Waals surface area (Å²) >= 11 is 0.00611. The van der Waals surface area contributed by atoms with Gasteiger partial charge in [0.15, 0.2) is 16.6 Å². The normalized spacial score (nSPS) is 21.3. The highest BCUT2D eigenvalue weighted by Crippen LogP contribution is 2.35. The van der Waals surface area contributed by atoms with Crippen LogP contribution in [0.5, 0.6) is 0 Å². The number of nitrogens with zero attached hydrogens (tertiary/aromatic N) is 5. The first-order valence-electron chi connectivity index (χ1n) is 8.05. The van der Waals surface area contributed by atoms with Crippen LogP contribution in [0.4, 0.5) is 5.13 Å². The molecular weight excluding hydrogens is 438 g/mol. The van der Waals surface area contributed by atoms with Gasteiger partial charge in [0.2, 0.25) is 17.2 Å². The minimum atomic E-state index is -1.58. The van der Waals surface area contributed by atoms with Crippen LogP contribution in [0.25, 0.3) is 0 Å². The number of nitrogens with two attached hydrogens (primary N) is 3. The van der Waals surface area contributed by atoms with Gasteiger partial charge in [-0.25, -0.2) is 4.98 Å². The molecule has 1 saturated heterocycles. The highest BCUT2D eigenvalue weighted by Gasteiger charge is 2.56. The lowest BCUT2D eigenvalue weighted by molar-refractivity contribution is -0.301. The average Bonchev–Trinajstić information content (AvgIpc) is 3.08. The van der Waals surface area contributed by atoms with Crippen LogP contribution in [0.3, 0.4) is 0 Å². The van der Waals surface area contributed by atoms with Crippen LogP contribution in [0, 0.1) is 0 Å². The number of carboxylic acids is 1. The topological polar surface area (TPSA) is 238 Å². The lowest BCUT2D eigenvalue weighted by Gasteiger charge is -2.43. The van der Waals surface area contributed by atoms with Crippen LogP contribution in [0.1, 0.15) is 12.1 Å². The molecule has 0 aliphatic carbocycles. The van der Waals surface area contributed by atoms with Gasteiger partial charge >= 0.3 is 5.91 Å². The summed E-state index contributed by atoms with van der Waals surface area (Å²) in [5, 5.41) is 31.8. The summed E-state index contributed by atoms with van der Waals surface area (Å²) < 4.78 is 2.65. The van der Waals surface area contributed by atoms with Crippen LogP contribution in [0.2, 0.25) is 0 Å². The van der Waals surface area contributed by atoms with Crippen molar-refractivity contribution in [1.29, 1.82) is 0 Å². The fourth-order valence-electron chi connectivity index (χ4n) is 2.74. The van der Waals surface area contributed by atoms with Gasteiger partial charge in [0.05, 0.1) is 24.3 Å². The Morgan fingerprint density at radius 3 is 2.73 bits per heavy atom. The number of aliphatic carboxylic acids is 1. The number of carboxylic acid groups (broad SMARTS) is 1. The number of rotatable bonds is 6. The second-order valence-electron chi connectivity index (χ2n) is 5.88. The van der Waals surface area contributed by atoms with E-state index in [-0.39, 0.29) is 45.9 Å². The summed E-state index contributed by atoms with van der Waals surface area (Å²) in [7, 11) is 0. The van der Waals surface area contributed by atoms with E-state index in [1.807, 2.05) is 0 Å². The van der Waals surface area contributed by atoms with Crippen molar-refractivity contribution in [3.05, 3.63) is 22.3 Å². The smallest absolute Gasteiger partial charge is 0.316 e. The summed E-state index contributed by atoms with van der Waals surface area (Å²) in [5.41, 5.74) is 15.3. The van der Waals surface area contributed by atoms with Gasteiger partial charge in [-0.3, -0.25) is 14.5 Å². The van der Waals surface area contributed by atoms with Crippen molar-refractivity contribution in [3.63, 3.8) is 0 Å². The van der Waals surface area contributed by atoms with Crippen molar-refractivity contribution < 1.29 is 24.7 Å². The van der Waals surface area contributed by atoms with Gasteiger partial charge in [0, 0.05) is 11.0 Å². The van der Waals surface area contributed by atoms with Gasteiger partial charge in [0.25, 0.3) is 0 Å². The zero-order chi connectivity index (χ0) is 22.0. The molecule has 1 fully saturated rings. The van der Waals surface area contributed by atoms with Gasteiger partial charge in [0.1, 0.15) is 16.8 Å². The molecule has 3 heterocycles. The number of thiazole rings is 1. The second kappa shape index (κ2) is 8.37. The molecular formula is C14H15N9O5S2. The molecule has 30 heavy (non-hydrogen) atoms. The molecule has 0 aromatic carbocycles. The SMILES string of the molecule is NC(N)=NN=CC1=C(C(=O)[O-])N2C(=O)C[C@H]2[S+](NC(=O)/C(=N\O)c2csc(N)n2)C1. The Hall–Kier alpha value is -3.66. The molecule has 2 aliphatic rings. The minimum absolute atomic E-state index is 0.00487. The summed E-state index contributed by atoms with van der Waals surface area (Å²) in [6.07, 6.45) is 1.09. The standard InChI is InChI=1S/C14H15N9O5S2/c15-13(16)20-18-2-5-4-30(8-1-7(24)23(8)10(5)12(26)27)22-11(25)9(21-28)6-3-29-14(17)19-6/h2-3,8H,1,4H2,(H8-,15,16,17,19,20,22,25,26,27,28)/t8-,30?/m1/s1. The molecule has 0 saturated carbocycles. The second-order valence-corrected chi connectivity index (χ2v) is 8.66. The molecule has 16 heteroatoms. The largest absolute Gasteiger partial charge is 0.543 e. The third kappa shape index (κ3) is 4.03. The molecule has 0 spiro atoms. The summed E-state index contributed by atoms with van der Waals surface area (Å²) in [5.74, 6) is -3.16. The van der Waals surface area contributed by atoms with Crippen LogP contribution in [-0.2, 0) is 25.5 Å². The van der Waals surface area contributed by atoms with Crippen molar-refractivity contribution in [2.24, 2.45) is 26.8 Å². The van der Waals surface area contributed by atoms with E-state index in [0.717, 1.165) is 22.5 Å². The first kappa shape index (κ1) is 21.1. The zero-order valence-corrected chi connectivity index (χ0v) is 16.6. The average molecular weight is 453 g/mol. The zero-order valence-electron chi connectivity index (χ0n) is 15.0. The maximum atomic E-state index is 12.6. The molecule has 158 valence electrons. The van der Waals surface area contributed by atoms with E-state index in [2.05, 4.69) is 25.1 Å². The van der Waals surface area contributed by atoms with Gasteiger partial charge in [-0.2, -0.15) is 9.82 Å². The van der Waals surface area contributed by atoms with Crippen LogP contribution in [0.15, 0.2) is 32.0 Å². The predicted molar refractivity (Wildman–Crippen MR) is 107 cm³/mol. The molecule has 1 unspecified atom stereocenters. The number of nitrogens with one attached hydrogen (secondary N) is 1. The molecule has 8 N–H and O–H groups in total. The Kier molecular flexibility index (Phi) is 5.88. The molecule has 2 amide bonds. The maximum Gasteiger partial charge on any atom is 0.316 e. The number of amides is 2. The number of carbonyl (C=O) groups is 3. The van der Waals surface area contributed by atoms with E-state index in [0.29, 0.717) is 0 Å². The number of carbonyl (C=O) groups excluding carboxylic acids is 3. The monoisotopic (exact) mass is 453 g/mol. The highest BCUT2D eigenvalue weighted by molar-refractivity contribution is 7.96. The number of hydrogen-bond donors (Lipinski definition) is 5. The third-order valence-corrected chi connectivity index (χ3v) is 6.75. The van der Waals surface area contributed by atoms with Crippen molar-refractivity contribution in [1.82, 2.24) is 14.6 Å². The predicted octanol–water partition coefficient (Wildman–Crippen LogP) is -3.61. The van der Waals surface area contributed by atoms with Crippen molar-refractivity contribution in [2.45, 2.75) is 11.8 Å². The molecule has 3 rings (SSSR count). The van der Waals surface area contributed by atoms with Gasteiger partial charge in [-0.1, -0.05) is 5.16 Å². The van der Waals surface area contributed by atoms with E-state index >= 15 is 0 Å². The van der Waals surface area contributed by atoms with E-state index in [1.165, 1.54) is 5.38 Å². The molecule has 1 aromatic rings. The van der Waals surface area contributed by atoms with Crippen LogP contribution >= 0.6 is 11.3 Å². The first-order valence-corrected chi connectivity index (χ1v) is 10.4. The lowest BCUT2D eigenvalue weighted by Crippen LogP contribution is -2.65. The number of guanidine groups is 1. The van der Waals surface area contributed by atoms with Crippen LogP contribution < -0.4 is 27.0 Å². The third-order valence-electron chi connectivity index (χ3n) is 3.97. The number of β-lactam (4-membered cyclic amide) rings is 1. The molecule has 2 atom stereocenters. The number of oxime groups is 1. The summed E-state index contributed by atoms with van der Waals surface area (Å²) in [4.78, 5) is 41.2. The van der Waals surface area contributed by atoms with Crippen LogP contribution in [-0.4, -0.2) is 61.9 Å². The highest BCUT2D eigenvalue weighted by atomic mass is 32.2. The summed E-state index contributed by atoms with van der Waals surface area (Å²) in [6.45, 7) is 0. The van der Waals surface area contributed by atoms with E-state index in [1.54, 1.807) is 0 Å². The maximum absolute atomic E-state index is 12.6. The van der Waals surface area contributed by atoms with E-state index in [9.17, 15) is 24.7 Å². The Bertz CT molecular complexity index is 1030.